The summed E-state index contributed by atoms with van der Waals surface area (Å²) in [6.45, 7) is 1.92. The molecule has 6 heteroatoms. The molecule has 27 heavy (non-hydrogen) atoms. The van der Waals surface area contributed by atoms with E-state index in [-0.39, 0.29) is 24.2 Å². The van der Waals surface area contributed by atoms with Crippen LogP contribution in [0.5, 0.6) is 0 Å². The Labute approximate surface area is 158 Å². The lowest BCUT2D eigenvalue weighted by atomic mass is 9.98. The smallest absolute Gasteiger partial charge is 0.231 e. The van der Waals surface area contributed by atoms with Crippen molar-refractivity contribution >= 4 is 11.6 Å². The van der Waals surface area contributed by atoms with Crippen LogP contribution in [-0.2, 0) is 16.1 Å². The number of nitrogens with one attached hydrogen (secondary N) is 3. The van der Waals surface area contributed by atoms with Crippen LogP contribution in [0, 0.1) is 12.8 Å². The van der Waals surface area contributed by atoms with Crippen molar-refractivity contribution in [3.63, 3.8) is 0 Å². The predicted molar refractivity (Wildman–Crippen MR) is 102 cm³/mol. The van der Waals surface area contributed by atoms with Gasteiger partial charge in [0.25, 0.3) is 0 Å². The number of hydroxylamine groups is 1. The number of aromatic nitrogens is 1. The van der Waals surface area contributed by atoms with Crippen molar-refractivity contribution in [1.82, 2.24) is 15.8 Å². The molecule has 3 aliphatic rings. The number of carbonyl (C=O) groups is 1. The van der Waals surface area contributed by atoms with Gasteiger partial charge in [-0.05, 0) is 61.4 Å². The van der Waals surface area contributed by atoms with Crippen LogP contribution in [0.3, 0.4) is 0 Å². The molecule has 2 aliphatic carbocycles. The lowest BCUT2D eigenvalue weighted by Crippen LogP contribution is -2.27. The molecule has 2 aromatic rings. The van der Waals surface area contributed by atoms with Crippen molar-refractivity contribution < 1.29 is 9.63 Å². The van der Waals surface area contributed by atoms with Crippen molar-refractivity contribution in [1.29, 1.82) is 0 Å². The van der Waals surface area contributed by atoms with Crippen molar-refractivity contribution in [2.75, 3.05) is 5.32 Å². The molecule has 0 spiro atoms. The van der Waals surface area contributed by atoms with E-state index in [4.69, 9.17) is 4.84 Å². The number of fused-ring (bicyclic) bond motifs is 1. The van der Waals surface area contributed by atoms with Gasteiger partial charge in [0, 0.05) is 23.5 Å². The summed E-state index contributed by atoms with van der Waals surface area (Å²) in [5, 5.41) is 6.55. The molecular weight excluding hydrogens is 340 g/mol. The Bertz CT molecular complexity index is 880. The first-order valence-corrected chi connectivity index (χ1v) is 9.71. The Hall–Kier alpha value is -2.28. The van der Waals surface area contributed by atoms with Gasteiger partial charge < -0.3 is 5.32 Å². The van der Waals surface area contributed by atoms with E-state index < -0.39 is 0 Å². The third-order valence-corrected chi connectivity index (χ3v) is 5.75. The van der Waals surface area contributed by atoms with Crippen molar-refractivity contribution in [2.45, 2.75) is 50.9 Å². The van der Waals surface area contributed by atoms with Crippen LogP contribution in [0.15, 0.2) is 36.5 Å². The average Bonchev–Trinajstić information content (AvgIpc) is 3.24. The highest BCUT2D eigenvalue weighted by molar-refractivity contribution is 5.96. The van der Waals surface area contributed by atoms with Gasteiger partial charge in [0.1, 0.15) is 12.4 Å². The van der Waals surface area contributed by atoms with Crippen molar-refractivity contribution in [3.8, 4) is 0 Å². The molecule has 1 aromatic carbocycles. The molecule has 1 saturated heterocycles. The summed E-state index contributed by atoms with van der Waals surface area (Å²) in [6.07, 6.45) is 6.11. The van der Waals surface area contributed by atoms with Gasteiger partial charge in [-0.1, -0.05) is 18.2 Å². The molecule has 1 saturated carbocycles. The lowest BCUT2D eigenvalue weighted by molar-refractivity contribution is -0.117. The van der Waals surface area contributed by atoms with Crippen molar-refractivity contribution in [3.05, 3.63) is 58.9 Å². The Kier molecular flexibility index (Phi) is 4.19. The minimum Gasteiger partial charge on any atom is -0.325 e. The normalized spacial score (nSPS) is 26.8. The zero-order valence-corrected chi connectivity index (χ0v) is 15.4. The van der Waals surface area contributed by atoms with E-state index in [2.05, 4.69) is 39.3 Å². The number of rotatable bonds is 4. The minimum atomic E-state index is -0.0949. The second-order valence-corrected chi connectivity index (χ2v) is 7.82. The highest BCUT2D eigenvalue weighted by Crippen LogP contribution is 2.38. The van der Waals surface area contributed by atoms with Gasteiger partial charge >= 0.3 is 0 Å². The van der Waals surface area contributed by atoms with E-state index in [0.717, 1.165) is 29.8 Å². The number of benzene rings is 1. The zero-order chi connectivity index (χ0) is 18.4. The minimum absolute atomic E-state index is 0.0218. The number of amides is 1. The molecule has 6 nitrogen and oxygen atoms in total. The number of hydrogen-bond acceptors (Lipinski definition) is 5. The van der Waals surface area contributed by atoms with E-state index >= 15 is 0 Å². The summed E-state index contributed by atoms with van der Waals surface area (Å²) in [5.41, 5.74) is 8.38. The molecule has 3 atom stereocenters. The van der Waals surface area contributed by atoms with Gasteiger partial charge in [0.05, 0.1) is 5.92 Å². The summed E-state index contributed by atoms with van der Waals surface area (Å²) in [6, 6.07) is 10.1. The average molecular weight is 364 g/mol. The monoisotopic (exact) mass is 364 g/mol. The summed E-state index contributed by atoms with van der Waals surface area (Å²) < 4.78 is 0. The molecule has 140 valence electrons. The SMILES string of the molecule is Cc1cc(NC(=O)C2CCc3cc(C4NOC(C5CC5)N4)ccc32)ccn1. The van der Waals surface area contributed by atoms with Gasteiger partial charge in [-0.15, -0.1) is 0 Å². The molecule has 1 aliphatic heterocycles. The highest BCUT2D eigenvalue weighted by atomic mass is 16.7. The van der Waals surface area contributed by atoms with Gasteiger partial charge in [-0.3, -0.25) is 19.9 Å². The van der Waals surface area contributed by atoms with Crippen LogP contribution in [0.1, 0.15) is 53.7 Å². The van der Waals surface area contributed by atoms with Crippen LogP contribution in [-0.4, -0.2) is 17.1 Å². The summed E-state index contributed by atoms with van der Waals surface area (Å²) in [4.78, 5) is 22.6. The number of pyridine rings is 1. The van der Waals surface area contributed by atoms with Gasteiger partial charge in [0.15, 0.2) is 0 Å². The molecule has 3 N–H and O–H groups in total. The molecule has 0 bridgehead atoms. The fourth-order valence-electron chi connectivity index (χ4n) is 4.11. The quantitative estimate of drug-likeness (QED) is 0.778. The first-order chi connectivity index (χ1) is 13.2. The summed E-state index contributed by atoms with van der Waals surface area (Å²) in [7, 11) is 0. The van der Waals surface area contributed by atoms with Crippen LogP contribution < -0.4 is 16.1 Å². The third kappa shape index (κ3) is 3.36. The first-order valence-electron chi connectivity index (χ1n) is 9.71. The second kappa shape index (κ2) is 6.71. The van der Waals surface area contributed by atoms with Crippen LogP contribution >= 0.6 is 0 Å². The maximum Gasteiger partial charge on any atom is 0.231 e. The molecular formula is C21H24N4O2. The fourth-order valence-corrected chi connectivity index (χ4v) is 4.11. The fraction of sp³-hybridized carbons (Fsp3) is 0.429. The van der Waals surface area contributed by atoms with Crippen LogP contribution in [0.2, 0.25) is 0 Å². The Morgan fingerprint density at radius 2 is 2.11 bits per heavy atom. The molecule has 0 radical (unpaired) electrons. The van der Waals surface area contributed by atoms with Gasteiger partial charge in [0.2, 0.25) is 5.91 Å². The van der Waals surface area contributed by atoms with Crippen LogP contribution in [0.4, 0.5) is 5.69 Å². The topological polar surface area (TPSA) is 75.3 Å². The molecule has 2 heterocycles. The number of hydrogen-bond donors (Lipinski definition) is 3. The lowest BCUT2D eigenvalue weighted by Gasteiger charge is -2.15. The Morgan fingerprint density at radius 3 is 2.93 bits per heavy atom. The molecule has 2 fully saturated rings. The number of nitrogens with zero attached hydrogens (tertiary/aromatic N) is 1. The second-order valence-electron chi connectivity index (χ2n) is 7.82. The van der Waals surface area contributed by atoms with E-state index in [1.54, 1.807) is 6.20 Å². The summed E-state index contributed by atoms with van der Waals surface area (Å²) in [5.74, 6) is 0.602. The van der Waals surface area contributed by atoms with Gasteiger partial charge in [-0.2, -0.15) is 5.48 Å². The third-order valence-electron chi connectivity index (χ3n) is 5.75. The number of anilines is 1. The molecule has 1 amide bonds. The Balaban J connectivity index is 1.30. The zero-order valence-electron chi connectivity index (χ0n) is 15.4. The largest absolute Gasteiger partial charge is 0.325 e. The molecule has 3 unspecified atom stereocenters. The van der Waals surface area contributed by atoms with E-state index in [1.165, 1.54) is 24.0 Å². The van der Waals surface area contributed by atoms with E-state index in [9.17, 15) is 4.79 Å². The molecule has 1 aromatic heterocycles. The molecule has 5 rings (SSSR count). The maximum absolute atomic E-state index is 12.8. The standard InChI is InChI=1S/C21H24N4O2/c1-12-10-16(8-9-22-12)23-20(26)18-7-4-14-11-15(5-6-17(14)18)19-24-21(27-25-19)13-2-3-13/h5-6,8-11,13,18-19,21,24-25H,2-4,7H2,1H3,(H,22,23,26). The highest BCUT2D eigenvalue weighted by Gasteiger charge is 2.38. The van der Waals surface area contributed by atoms with Crippen molar-refractivity contribution in [2.24, 2.45) is 5.92 Å². The number of aryl methyl sites for hydroxylation is 2. The van der Waals surface area contributed by atoms with E-state index in [0.29, 0.717) is 5.92 Å². The number of carbonyl (C=O) groups excluding carboxylic acids is 1. The maximum atomic E-state index is 12.8. The predicted octanol–water partition coefficient (Wildman–Crippen LogP) is 2.92. The van der Waals surface area contributed by atoms with Gasteiger partial charge in [-0.25, -0.2) is 0 Å². The van der Waals surface area contributed by atoms with E-state index in [1.807, 2.05) is 19.1 Å². The Morgan fingerprint density at radius 1 is 1.22 bits per heavy atom. The summed E-state index contributed by atoms with van der Waals surface area (Å²) >= 11 is 0. The first kappa shape index (κ1) is 16.9. The van der Waals surface area contributed by atoms with Crippen LogP contribution in [0.25, 0.3) is 0 Å².